The van der Waals surface area contributed by atoms with E-state index in [1.54, 1.807) is 37.4 Å². The van der Waals surface area contributed by atoms with Gasteiger partial charge in [-0.15, -0.1) is 0 Å². The molecular formula is C11H8NO. The number of Topliss-reactive ketones (excluding diaryl/α,β-unsaturated/α-hetero) is 1. The van der Waals surface area contributed by atoms with Gasteiger partial charge in [0.05, 0.1) is 5.92 Å². The van der Waals surface area contributed by atoms with E-state index in [4.69, 9.17) is 0 Å². The van der Waals surface area contributed by atoms with Crippen LogP contribution in [0.25, 0.3) is 0 Å². The highest BCUT2D eigenvalue weighted by molar-refractivity contribution is 6.09. The average molecular weight is 170 g/mol. The second-order valence-corrected chi connectivity index (χ2v) is 2.74. The van der Waals surface area contributed by atoms with Gasteiger partial charge in [0.1, 0.15) is 0 Å². The zero-order valence-corrected chi connectivity index (χ0v) is 6.97. The van der Waals surface area contributed by atoms with Gasteiger partial charge in [0.25, 0.3) is 0 Å². The number of ketones is 1. The zero-order chi connectivity index (χ0) is 9.10. The number of carbonyl (C=O) groups excluding carboxylic acids is 1. The molecule has 0 aliphatic heterocycles. The van der Waals surface area contributed by atoms with E-state index in [-0.39, 0.29) is 5.78 Å². The third kappa shape index (κ3) is 1.77. The van der Waals surface area contributed by atoms with Crippen molar-refractivity contribution in [2.24, 2.45) is 0 Å². The summed E-state index contributed by atoms with van der Waals surface area (Å²) in [5, 5.41) is 0. The molecule has 1 aliphatic carbocycles. The number of pyridine rings is 1. The third-order valence-electron chi connectivity index (χ3n) is 1.85. The van der Waals surface area contributed by atoms with Crippen molar-refractivity contribution < 1.29 is 4.79 Å². The Bertz CT molecular complexity index is 288. The Hall–Kier alpha value is -1.18. The molecule has 0 N–H and O–H groups in total. The Kier molecular flexibility index (Phi) is 2.39. The van der Waals surface area contributed by atoms with Gasteiger partial charge >= 0.3 is 0 Å². The van der Waals surface area contributed by atoms with Crippen molar-refractivity contribution in [3.05, 3.63) is 61.7 Å². The number of hydrogen-bond acceptors (Lipinski definition) is 2. The number of hydrogen-bond donors (Lipinski definition) is 0. The zero-order valence-electron chi connectivity index (χ0n) is 6.97. The fourth-order valence-corrected chi connectivity index (χ4v) is 1.19. The van der Waals surface area contributed by atoms with Crippen molar-refractivity contribution in [3.63, 3.8) is 0 Å². The minimum absolute atomic E-state index is 0.0260. The first-order valence-electron chi connectivity index (χ1n) is 4.04. The van der Waals surface area contributed by atoms with Crippen molar-refractivity contribution in [3.8, 4) is 0 Å². The highest BCUT2D eigenvalue weighted by atomic mass is 16.1. The monoisotopic (exact) mass is 170 g/mol. The number of aromatic nitrogens is 1. The first kappa shape index (κ1) is 8.42. The molecule has 0 spiro atoms. The predicted molar refractivity (Wildman–Crippen MR) is 49.0 cm³/mol. The minimum atomic E-state index is 0.0260. The molecule has 1 heterocycles. The summed E-state index contributed by atoms with van der Waals surface area (Å²) in [6.45, 7) is 0. The summed E-state index contributed by atoms with van der Waals surface area (Å²) >= 11 is 0. The maximum Gasteiger partial charge on any atom is 0.172 e. The van der Waals surface area contributed by atoms with Crippen molar-refractivity contribution in [2.45, 2.75) is 0 Å². The summed E-state index contributed by atoms with van der Waals surface area (Å²) in [5.41, 5.74) is 0.633. The number of rotatable bonds is 2. The fraction of sp³-hybridized carbons (Fsp3) is 0. The van der Waals surface area contributed by atoms with E-state index in [2.05, 4.69) is 4.98 Å². The van der Waals surface area contributed by atoms with Crippen molar-refractivity contribution in [1.82, 2.24) is 4.98 Å². The maximum absolute atomic E-state index is 11.7. The lowest BCUT2D eigenvalue weighted by molar-refractivity contribution is 0.101. The van der Waals surface area contributed by atoms with Crippen LogP contribution in [-0.4, -0.2) is 10.8 Å². The molecule has 1 aliphatic rings. The SMILES string of the molecule is O=C([C]1[CH][CH][CH][CH]1)c1cccnc1. The van der Waals surface area contributed by atoms with Gasteiger partial charge in [0.2, 0.25) is 0 Å². The van der Waals surface area contributed by atoms with Gasteiger partial charge in [-0.3, -0.25) is 9.78 Å². The molecule has 2 nitrogen and oxygen atoms in total. The normalized spacial score (nSPS) is 17.5. The lowest BCUT2D eigenvalue weighted by Gasteiger charge is -2.04. The average Bonchev–Trinajstić information content (AvgIpc) is 2.71. The topological polar surface area (TPSA) is 30.0 Å². The first-order valence-corrected chi connectivity index (χ1v) is 4.04. The second-order valence-electron chi connectivity index (χ2n) is 2.74. The molecule has 0 bridgehead atoms. The van der Waals surface area contributed by atoms with Crippen LogP contribution in [0.15, 0.2) is 24.5 Å². The number of carbonyl (C=O) groups is 1. The standard InChI is InChI=1S/C11H8NO/c13-11(9-4-1-2-5-9)10-6-3-7-12-8-10/h1-8H. The van der Waals surface area contributed by atoms with E-state index < -0.39 is 0 Å². The lowest BCUT2D eigenvalue weighted by atomic mass is 9.98. The predicted octanol–water partition coefficient (Wildman–Crippen LogP) is 1.67. The fourth-order valence-electron chi connectivity index (χ4n) is 1.19. The van der Waals surface area contributed by atoms with Gasteiger partial charge < -0.3 is 0 Å². The Balaban J connectivity index is 2.13. The molecule has 1 fully saturated rings. The van der Waals surface area contributed by atoms with Crippen LogP contribution in [0.3, 0.4) is 0 Å². The van der Waals surface area contributed by atoms with E-state index in [1.165, 1.54) is 0 Å². The molecule has 0 atom stereocenters. The van der Waals surface area contributed by atoms with Crippen LogP contribution in [0, 0.1) is 31.6 Å². The summed E-state index contributed by atoms with van der Waals surface area (Å²) in [6, 6.07) is 3.53. The molecule has 13 heavy (non-hydrogen) atoms. The van der Waals surface area contributed by atoms with E-state index in [0.717, 1.165) is 0 Å². The molecule has 0 aromatic carbocycles. The van der Waals surface area contributed by atoms with Crippen molar-refractivity contribution in [2.75, 3.05) is 0 Å². The molecule has 5 radical (unpaired) electrons. The molecular weight excluding hydrogens is 162 g/mol. The van der Waals surface area contributed by atoms with E-state index in [1.807, 2.05) is 12.8 Å². The summed E-state index contributed by atoms with van der Waals surface area (Å²) < 4.78 is 0. The van der Waals surface area contributed by atoms with Gasteiger partial charge in [-0.2, -0.15) is 0 Å². The van der Waals surface area contributed by atoms with Gasteiger partial charge in [-0.1, -0.05) is 0 Å². The Labute approximate surface area is 78.0 Å². The Morgan fingerprint density at radius 1 is 1.23 bits per heavy atom. The van der Waals surface area contributed by atoms with Crippen LogP contribution in [0.4, 0.5) is 0 Å². The third-order valence-corrected chi connectivity index (χ3v) is 1.85. The van der Waals surface area contributed by atoms with Gasteiger partial charge in [0.15, 0.2) is 5.78 Å². The first-order chi connectivity index (χ1) is 6.38. The quantitative estimate of drug-likeness (QED) is 0.632. The van der Waals surface area contributed by atoms with Crippen LogP contribution in [-0.2, 0) is 0 Å². The molecule has 0 amide bonds. The van der Waals surface area contributed by atoms with Gasteiger partial charge in [-0.25, -0.2) is 0 Å². The summed E-state index contributed by atoms with van der Waals surface area (Å²) in [7, 11) is 0. The molecule has 0 saturated heterocycles. The van der Waals surface area contributed by atoms with Crippen LogP contribution in [0.2, 0.25) is 0 Å². The van der Waals surface area contributed by atoms with Crippen LogP contribution in [0.1, 0.15) is 10.4 Å². The van der Waals surface area contributed by atoms with Gasteiger partial charge in [-0.05, 0) is 37.8 Å². The van der Waals surface area contributed by atoms with E-state index in [0.29, 0.717) is 11.5 Å². The lowest BCUT2D eigenvalue weighted by Crippen LogP contribution is -2.09. The Morgan fingerprint density at radius 3 is 2.62 bits per heavy atom. The van der Waals surface area contributed by atoms with Crippen LogP contribution >= 0.6 is 0 Å². The van der Waals surface area contributed by atoms with Crippen LogP contribution in [0.5, 0.6) is 0 Å². The largest absolute Gasteiger partial charge is 0.293 e. The molecule has 63 valence electrons. The smallest absolute Gasteiger partial charge is 0.172 e. The second kappa shape index (κ2) is 3.69. The van der Waals surface area contributed by atoms with Crippen molar-refractivity contribution >= 4 is 5.78 Å². The van der Waals surface area contributed by atoms with Crippen molar-refractivity contribution in [1.29, 1.82) is 0 Å². The van der Waals surface area contributed by atoms with E-state index in [9.17, 15) is 4.79 Å². The highest BCUT2D eigenvalue weighted by Crippen LogP contribution is 2.26. The maximum atomic E-state index is 11.7. The van der Waals surface area contributed by atoms with Crippen LogP contribution < -0.4 is 0 Å². The van der Waals surface area contributed by atoms with E-state index >= 15 is 0 Å². The summed E-state index contributed by atoms with van der Waals surface area (Å²) in [6.07, 6.45) is 10.5. The molecule has 2 heteroatoms. The number of nitrogens with zero attached hydrogens (tertiary/aromatic N) is 1. The molecule has 1 aromatic rings. The summed E-state index contributed by atoms with van der Waals surface area (Å²) in [4.78, 5) is 15.6. The molecule has 1 aromatic heterocycles. The minimum Gasteiger partial charge on any atom is -0.293 e. The van der Waals surface area contributed by atoms with Gasteiger partial charge in [0, 0.05) is 18.0 Å². The summed E-state index contributed by atoms with van der Waals surface area (Å²) in [5.74, 6) is 0.742. The molecule has 2 rings (SSSR count). The Morgan fingerprint density at radius 2 is 2.00 bits per heavy atom. The highest BCUT2D eigenvalue weighted by Gasteiger charge is 2.25. The molecule has 0 unspecified atom stereocenters. The molecule has 1 saturated carbocycles.